The lowest BCUT2D eigenvalue weighted by Crippen LogP contribution is -2.13. The molecule has 0 saturated carbocycles. The molecule has 2 rings (SSSR count). The smallest absolute Gasteiger partial charge is 0.132 e. The topological polar surface area (TPSA) is 58.0 Å². The molecule has 0 amide bonds. The summed E-state index contributed by atoms with van der Waals surface area (Å²) in [5.41, 5.74) is 2.52. The molecule has 0 unspecified atom stereocenters. The minimum Gasteiger partial charge on any atom is -0.396 e. The van der Waals surface area contributed by atoms with Gasteiger partial charge in [-0.3, -0.25) is 0 Å². The van der Waals surface area contributed by atoms with Gasteiger partial charge in [-0.2, -0.15) is 0 Å². The molecule has 0 aliphatic heterocycles. The van der Waals surface area contributed by atoms with E-state index in [2.05, 4.69) is 15.3 Å². The molecule has 0 aromatic carbocycles. The first-order chi connectivity index (χ1) is 7.92. The lowest BCUT2D eigenvalue weighted by Gasteiger charge is -2.17. The van der Waals surface area contributed by atoms with Crippen LogP contribution in [0.25, 0.3) is 0 Å². The lowest BCUT2D eigenvalue weighted by molar-refractivity contribution is 0.286. The third-order valence-electron chi connectivity index (χ3n) is 3.00. The van der Waals surface area contributed by atoms with Gasteiger partial charge in [0.05, 0.1) is 0 Å². The number of hydrogen-bond acceptors (Lipinski definition) is 4. The second-order valence-corrected chi connectivity index (χ2v) is 4.21. The summed E-state index contributed by atoms with van der Waals surface area (Å²) in [7, 11) is 0. The third-order valence-corrected chi connectivity index (χ3v) is 3.00. The van der Waals surface area contributed by atoms with Gasteiger partial charge < -0.3 is 10.4 Å². The van der Waals surface area contributed by atoms with Crippen LogP contribution in [0.3, 0.4) is 0 Å². The highest BCUT2D eigenvalue weighted by atomic mass is 16.2. The van der Waals surface area contributed by atoms with Crippen molar-refractivity contribution in [3.8, 4) is 0 Å². The highest BCUT2D eigenvalue weighted by molar-refractivity contribution is 5.46. The van der Waals surface area contributed by atoms with E-state index < -0.39 is 0 Å². The first-order valence-corrected chi connectivity index (χ1v) is 6.09. The monoisotopic (exact) mass is 221 g/mol. The fraction of sp³-hybridized carbons (Fsp3) is 0.667. The Hall–Kier alpha value is -1.16. The summed E-state index contributed by atoms with van der Waals surface area (Å²) in [6.45, 7) is 1.15. The molecule has 0 fully saturated rings. The summed E-state index contributed by atoms with van der Waals surface area (Å²) in [5, 5.41) is 12.0. The van der Waals surface area contributed by atoms with Gasteiger partial charge in [-0.15, -0.1) is 0 Å². The number of aromatic nitrogens is 2. The van der Waals surface area contributed by atoms with E-state index in [1.54, 1.807) is 6.33 Å². The molecule has 1 aliphatic carbocycles. The number of aryl methyl sites for hydroxylation is 1. The summed E-state index contributed by atoms with van der Waals surface area (Å²) in [6, 6.07) is 0. The van der Waals surface area contributed by atoms with Crippen LogP contribution in [0.5, 0.6) is 0 Å². The van der Waals surface area contributed by atoms with Crippen LogP contribution in [-0.4, -0.2) is 28.2 Å². The zero-order valence-electron chi connectivity index (χ0n) is 9.58. The number of nitrogens with one attached hydrogen (secondary N) is 1. The summed E-state index contributed by atoms with van der Waals surface area (Å²) in [6.07, 6.45) is 8.15. The average molecular weight is 221 g/mol. The number of nitrogens with zero attached hydrogens (tertiary/aromatic N) is 2. The molecule has 1 aromatic heterocycles. The van der Waals surface area contributed by atoms with Gasteiger partial charge in [0, 0.05) is 24.4 Å². The maximum absolute atomic E-state index is 8.70. The number of aliphatic hydroxyl groups is 1. The van der Waals surface area contributed by atoms with Crippen molar-refractivity contribution in [1.29, 1.82) is 0 Å². The molecule has 16 heavy (non-hydrogen) atoms. The Labute approximate surface area is 96.1 Å². The Morgan fingerprint density at radius 3 is 2.94 bits per heavy atom. The standard InChI is InChI=1S/C12H19N3O/c16-8-4-3-7-13-12-10-5-1-2-6-11(10)14-9-15-12/h9,16H,1-8H2,(H,13,14,15). The zero-order valence-corrected chi connectivity index (χ0v) is 9.58. The summed E-state index contributed by atoms with van der Waals surface area (Å²) < 4.78 is 0. The molecule has 0 atom stereocenters. The quantitative estimate of drug-likeness (QED) is 0.740. The van der Waals surface area contributed by atoms with Gasteiger partial charge in [-0.25, -0.2) is 9.97 Å². The predicted octanol–water partition coefficient (Wildman–Crippen LogP) is 1.54. The van der Waals surface area contributed by atoms with Gasteiger partial charge in [-0.05, 0) is 38.5 Å². The largest absolute Gasteiger partial charge is 0.396 e. The molecule has 0 saturated heterocycles. The van der Waals surface area contributed by atoms with Crippen molar-refractivity contribution in [3.05, 3.63) is 17.6 Å². The van der Waals surface area contributed by atoms with Crippen molar-refractivity contribution < 1.29 is 5.11 Å². The van der Waals surface area contributed by atoms with Crippen molar-refractivity contribution in [2.75, 3.05) is 18.5 Å². The van der Waals surface area contributed by atoms with Crippen molar-refractivity contribution in [2.45, 2.75) is 38.5 Å². The van der Waals surface area contributed by atoms with Crippen LogP contribution in [0.1, 0.15) is 36.9 Å². The number of fused-ring (bicyclic) bond motifs is 1. The molecule has 1 aliphatic rings. The zero-order chi connectivity index (χ0) is 11.2. The molecule has 0 radical (unpaired) electrons. The van der Waals surface area contributed by atoms with Crippen LogP contribution < -0.4 is 5.32 Å². The van der Waals surface area contributed by atoms with Crippen molar-refractivity contribution >= 4 is 5.82 Å². The van der Waals surface area contributed by atoms with Crippen LogP contribution in [-0.2, 0) is 12.8 Å². The minimum atomic E-state index is 0.267. The molecular formula is C12H19N3O. The van der Waals surface area contributed by atoms with Gasteiger partial charge >= 0.3 is 0 Å². The van der Waals surface area contributed by atoms with Gasteiger partial charge in [0.15, 0.2) is 0 Å². The van der Waals surface area contributed by atoms with E-state index in [0.29, 0.717) is 0 Å². The normalized spacial score (nSPS) is 14.6. The Morgan fingerprint density at radius 2 is 2.06 bits per heavy atom. The number of anilines is 1. The summed E-state index contributed by atoms with van der Waals surface area (Å²) in [5.74, 6) is 1.00. The number of aliphatic hydroxyl groups excluding tert-OH is 1. The van der Waals surface area contributed by atoms with E-state index in [4.69, 9.17) is 5.11 Å². The fourth-order valence-corrected chi connectivity index (χ4v) is 2.12. The molecule has 4 heteroatoms. The maximum atomic E-state index is 8.70. The van der Waals surface area contributed by atoms with Crippen molar-refractivity contribution in [2.24, 2.45) is 0 Å². The second-order valence-electron chi connectivity index (χ2n) is 4.21. The van der Waals surface area contributed by atoms with Crippen molar-refractivity contribution in [1.82, 2.24) is 9.97 Å². The Bertz CT molecular complexity index is 341. The Balaban J connectivity index is 1.97. The number of unbranched alkanes of at least 4 members (excludes halogenated alkanes) is 1. The van der Waals surface area contributed by atoms with Crippen LogP contribution in [0, 0.1) is 0 Å². The van der Waals surface area contributed by atoms with E-state index in [9.17, 15) is 0 Å². The maximum Gasteiger partial charge on any atom is 0.132 e. The predicted molar refractivity (Wildman–Crippen MR) is 63.5 cm³/mol. The van der Waals surface area contributed by atoms with E-state index in [1.807, 2.05) is 0 Å². The molecule has 2 N–H and O–H groups in total. The molecule has 0 spiro atoms. The Morgan fingerprint density at radius 1 is 1.19 bits per heavy atom. The van der Waals surface area contributed by atoms with Gasteiger partial charge in [-0.1, -0.05) is 0 Å². The van der Waals surface area contributed by atoms with Gasteiger partial charge in [0.1, 0.15) is 12.1 Å². The highest BCUT2D eigenvalue weighted by Gasteiger charge is 2.14. The number of hydrogen-bond donors (Lipinski definition) is 2. The van der Waals surface area contributed by atoms with Crippen LogP contribution >= 0.6 is 0 Å². The summed E-state index contributed by atoms with van der Waals surface area (Å²) in [4.78, 5) is 8.64. The first kappa shape index (κ1) is 11.3. The first-order valence-electron chi connectivity index (χ1n) is 6.09. The molecular weight excluding hydrogens is 202 g/mol. The molecule has 88 valence electrons. The second kappa shape index (κ2) is 5.80. The fourth-order valence-electron chi connectivity index (χ4n) is 2.12. The molecule has 1 aromatic rings. The SMILES string of the molecule is OCCCCNc1ncnc2c1CCCC2. The van der Waals surface area contributed by atoms with Gasteiger partial charge in [0.25, 0.3) is 0 Å². The molecule has 1 heterocycles. The van der Waals surface area contributed by atoms with Crippen molar-refractivity contribution in [3.63, 3.8) is 0 Å². The molecule has 0 bridgehead atoms. The van der Waals surface area contributed by atoms with Crippen LogP contribution in [0.2, 0.25) is 0 Å². The van der Waals surface area contributed by atoms with Crippen LogP contribution in [0.15, 0.2) is 6.33 Å². The van der Waals surface area contributed by atoms with E-state index in [1.165, 1.54) is 24.1 Å². The lowest BCUT2D eigenvalue weighted by atomic mass is 9.96. The minimum absolute atomic E-state index is 0.267. The highest BCUT2D eigenvalue weighted by Crippen LogP contribution is 2.24. The number of rotatable bonds is 5. The summed E-state index contributed by atoms with van der Waals surface area (Å²) >= 11 is 0. The van der Waals surface area contributed by atoms with Crippen LogP contribution in [0.4, 0.5) is 5.82 Å². The van der Waals surface area contributed by atoms with E-state index in [0.717, 1.165) is 38.0 Å². The average Bonchev–Trinajstić information content (AvgIpc) is 2.35. The van der Waals surface area contributed by atoms with E-state index >= 15 is 0 Å². The van der Waals surface area contributed by atoms with E-state index in [-0.39, 0.29) is 6.61 Å². The Kier molecular flexibility index (Phi) is 4.10. The van der Waals surface area contributed by atoms with Gasteiger partial charge in [0.2, 0.25) is 0 Å². The molecule has 4 nitrogen and oxygen atoms in total. The third kappa shape index (κ3) is 2.70.